The molecule has 21 heavy (non-hydrogen) atoms. The summed E-state index contributed by atoms with van der Waals surface area (Å²) in [5, 5.41) is -0.381. The van der Waals surface area contributed by atoms with E-state index in [2.05, 4.69) is 4.72 Å². The van der Waals surface area contributed by atoms with Gasteiger partial charge >= 0.3 is 0 Å². The van der Waals surface area contributed by atoms with Gasteiger partial charge in [0, 0.05) is 19.1 Å². The number of methoxy groups -OCH3 is 1. The second-order valence-electron chi connectivity index (χ2n) is 5.26. The maximum absolute atomic E-state index is 12.3. The zero-order valence-corrected chi connectivity index (χ0v) is 13.4. The second-order valence-corrected chi connectivity index (χ2v) is 7.24. The Hall–Kier alpha value is -1.11. The summed E-state index contributed by atoms with van der Waals surface area (Å²) in [5.41, 5.74) is 1.10. The minimum atomic E-state index is -3.27. The van der Waals surface area contributed by atoms with Crippen molar-refractivity contribution in [3.63, 3.8) is 0 Å². The molecule has 0 unspecified atom stereocenters. The fourth-order valence-corrected chi connectivity index (χ4v) is 4.45. The van der Waals surface area contributed by atoms with Crippen molar-refractivity contribution in [3.05, 3.63) is 29.8 Å². The average Bonchev–Trinajstić information content (AvgIpc) is 2.48. The third-order valence-corrected chi connectivity index (χ3v) is 5.91. The lowest BCUT2D eigenvalue weighted by molar-refractivity contribution is 0.0570. The molecule has 0 radical (unpaired) electrons. The Balaban J connectivity index is 2.11. The highest BCUT2D eigenvalue weighted by molar-refractivity contribution is 7.90. The van der Waals surface area contributed by atoms with Gasteiger partial charge in [-0.2, -0.15) is 0 Å². The highest BCUT2D eigenvalue weighted by Crippen LogP contribution is 2.25. The van der Waals surface area contributed by atoms with Gasteiger partial charge in [0.1, 0.15) is 5.75 Å². The maximum atomic E-state index is 12.3. The molecule has 2 atom stereocenters. The quantitative estimate of drug-likeness (QED) is 0.866. The number of rotatable bonds is 6. The number of ether oxygens (including phenoxy) is 2. The second kappa shape index (κ2) is 7.24. The SMILES string of the molecule is CCNS(=O)(=O)[C@H]1CCOC[C@@H]1Cc1ccc(OC)cc1. The van der Waals surface area contributed by atoms with Crippen LogP contribution in [-0.2, 0) is 21.2 Å². The van der Waals surface area contributed by atoms with Crippen LogP contribution >= 0.6 is 0 Å². The number of hydrogen-bond acceptors (Lipinski definition) is 4. The highest BCUT2D eigenvalue weighted by atomic mass is 32.2. The zero-order valence-electron chi connectivity index (χ0n) is 12.5. The topological polar surface area (TPSA) is 64.6 Å². The summed E-state index contributed by atoms with van der Waals surface area (Å²) in [5.74, 6) is 0.784. The Kier molecular flexibility index (Phi) is 5.61. The van der Waals surface area contributed by atoms with E-state index in [0.29, 0.717) is 32.6 Å². The molecule has 1 aromatic carbocycles. The van der Waals surface area contributed by atoms with E-state index >= 15 is 0 Å². The Labute approximate surface area is 126 Å². The molecule has 1 aromatic rings. The smallest absolute Gasteiger partial charge is 0.214 e. The summed E-state index contributed by atoms with van der Waals surface area (Å²) >= 11 is 0. The number of benzene rings is 1. The predicted molar refractivity (Wildman–Crippen MR) is 82.0 cm³/mol. The van der Waals surface area contributed by atoms with E-state index in [1.807, 2.05) is 24.3 Å². The normalized spacial score (nSPS) is 23.0. The molecule has 1 saturated heterocycles. The molecule has 1 fully saturated rings. The Bertz CT molecular complexity index is 541. The van der Waals surface area contributed by atoms with Crippen molar-refractivity contribution < 1.29 is 17.9 Å². The highest BCUT2D eigenvalue weighted by Gasteiger charge is 2.35. The Morgan fingerprint density at radius 2 is 2.05 bits per heavy atom. The van der Waals surface area contributed by atoms with Gasteiger partial charge in [-0.15, -0.1) is 0 Å². The number of sulfonamides is 1. The lowest BCUT2D eigenvalue weighted by Gasteiger charge is -2.31. The van der Waals surface area contributed by atoms with Gasteiger partial charge in [0.25, 0.3) is 0 Å². The summed E-state index contributed by atoms with van der Waals surface area (Å²) < 4.78 is 37.8. The monoisotopic (exact) mass is 313 g/mol. The van der Waals surface area contributed by atoms with Crippen molar-refractivity contribution in [2.24, 2.45) is 5.92 Å². The van der Waals surface area contributed by atoms with E-state index in [0.717, 1.165) is 11.3 Å². The fourth-order valence-electron chi connectivity index (χ4n) is 2.75. The van der Waals surface area contributed by atoms with Crippen LogP contribution < -0.4 is 9.46 Å². The van der Waals surface area contributed by atoms with Crippen LogP contribution in [-0.4, -0.2) is 40.5 Å². The van der Waals surface area contributed by atoms with Crippen molar-refractivity contribution in [2.45, 2.75) is 25.0 Å². The van der Waals surface area contributed by atoms with Crippen molar-refractivity contribution in [1.82, 2.24) is 4.72 Å². The van der Waals surface area contributed by atoms with Crippen molar-refractivity contribution in [1.29, 1.82) is 0 Å². The standard InChI is InChI=1S/C15H23NO4S/c1-3-16-21(17,18)15-8-9-20-11-13(15)10-12-4-6-14(19-2)7-5-12/h4-7,13,15-16H,3,8-11H2,1-2H3/t13-,15-/m0/s1. The van der Waals surface area contributed by atoms with Gasteiger partial charge in [-0.3, -0.25) is 0 Å². The summed E-state index contributed by atoms with van der Waals surface area (Å²) in [6, 6.07) is 7.74. The van der Waals surface area contributed by atoms with Crippen LogP contribution in [0.2, 0.25) is 0 Å². The molecule has 0 bridgehead atoms. The maximum Gasteiger partial charge on any atom is 0.214 e. The lowest BCUT2D eigenvalue weighted by atomic mass is 9.93. The van der Waals surface area contributed by atoms with Gasteiger partial charge in [0.15, 0.2) is 0 Å². The van der Waals surface area contributed by atoms with E-state index in [1.54, 1.807) is 14.0 Å². The molecule has 1 aliphatic heterocycles. The summed E-state index contributed by atoms with van der Waals surface area (Å²) in [7, 11) is -1.64. The van der Waals surface area contributed by atoms with E-state index in [4.69, 9.17) is 9.47 Å². The van der Waals surface area contributed by atoms with Gasteiger partial charge in [-0.05, 0) is 30.5 Å². The molecule has 2 rings (SSSR count). The van der Waals surface area contributed by atoms with Gasteiger partial charge in [0.05, 0.1) is 19.0 Å². The molecule has 0 spiro atoms. The molecule has 118 valence electrons. The minimum absolute atomic E-state index is 0.0174. The number of nitrogens with one attached hydrogen (secondary N) is 1. The Morgan fingerprint density at radius 1 is 1.33 bits per heavy atom. The molecule has 1 N–H and O–H groups in total. The molecule has 6 heteroatoms. The first-order valence-electron chi connectivity index (χ1n) is 7.26. The molecule has 0 aromatic heterocycles. The zero-order chi connectivity index (χ0) is 15.3. The molecule has 1 heterocycles. The lowest BCUT2D eigenvalue weighted by Crippen LogP contribution is -2.44. The predicted octanol–water partition coefficient (Wildman–Crippen LogP) is 1.58. The number of hydrogen-bond donors (Lipinski definition) is 1. The van der Waals surface area contributed by atoms with Crippen LogP contribution in [0.4, 0.5) is 0 Å². The van der Waals surface area contributed by atoms with Gasteiger partial charge in [-0.25, -0.2) is 13.1 Å². The van der Waals surface area contributed by atoms with Gasteiger partial charge < -0.3 is 9.47 Å². The molecule has 1 aliphatic rings. The summed E-state index contributed by atoms with van der Waals surface area (Å²) in [4.78, 5) is 0. The first-order chi connectivity index (χ1) is 10.1. The third-order valence-electron chi connectivity index (χ3n) is 3.81. The van der Waals surface area contributed by atoms with Crippen LogP contribution in [0.1, 0.15) is 18.9 Å². The van der Waals surface area contributed by atoms with Crippen LogP contribution in [0.5, 0.6) is 5.75 Å². The van der Waals surface area contributed by atoms with E-state index in [-0.39, 0.29) is 11.2 Å². The van der Waals surface area contributed by atoms with Gasteiger partial charge in [0.2, 0.25) is 10.0 Å². The van der Waals surface area contributed by atoms with Gasteiger partial charge in [-0.1, -0.05) is 19.1 Å². The molecular formula is C15H23NO4S. The first-order valence-corrected chi connectivity index (χ1v) is 8.80. The van der Waals surface area contributed by atoms with E-state index < -0.39 is 10.0 Å². The van der Waals surface area contributed by atoms with E-state index in [1.165, 1.54) is 0 Å². The summed E-state index contributed by atoms with van der Waals surface area (Å²) in [6.45, 7) is 3.22. The van der Waals surface area contributed by atoms with Crippen LogP contribution in [0.3, 0.4) is 0 Å². The molecular weight excluding hydrogens is 290 g/mol. The molecule has 0 aliphatic carbocycles. The summed E-state index contributed by atoms with van der Waals surface area (Å²) in [6.07, 6.45) is 1.25. The van der Waals surface area contributed by atoms with Crippen molar-refractivity contribution in [2.75, 3.05) is 26.9 Å². The van der Waals surface area contributed by atoms with Crippen molar-refractivity contribution in [3.8, 4) is 5.75 Å². The average molecular weight is 313 g/mol. The third kappa shape index (κ3) is 4.18. The minimum Gasteiger partial charge on any atom is -0.497 e. The van der Waals surface area contributed by atoms with Crippen LogP contribution in [0.25, 0.3) is 0 Å². The fraction of sp³-hybridized carbons (Fsp3) is 0.600. The first kappa shape index (κ1) is 16.3. The largest absolute Gasteiger partial charge is 0.497 e. The van der Waals surface area contributed by atoms with Crippen LogP contribution in [0, 0.1) is 5.92 Å². The molecule has 0 saturated carbocycles. The Morgan fingerprint density at radius 3 is 2.67 bits per heavy atom. The van der Waals surface area contributed by atoms with Crippen LogP contribution in [0.15, 0.2) is 24.3 Å². The van der Waals surface area contributed by atoms with E-state index in [9.17, 15) is 8.42 Å². The molecule has 0 amide bonds. The molecule has 5 nitrogen and oxygen atoms in total. The van der Waals surface area contributed by atoms with Crippen molar-refractivity contribution >= 4 is 10.0 Å².